The van der Waals surface area contributed by atoms with Crippen LogP contribution in [-0.2, 0) is 4.79 Å². The molecule has 1 aliphatic carbocycles. The molecule has 1 aromatic rings. The van der Waals surface area contributed by atoms with Crippen molar-refractivity contribution in [3.8, 4) is 0 Å². The summed E-state index contributed by atoms with van der Waals surface area (Å²) < 4.78 is 4.96. The Morgan fingerprint density at radius 1 is 1.39 bits per heavy atom. The molecule has 1 aliphatic rings. The molecule has 1 amide bonds. The largest absolute Gasteiger partial charge is 0.481 e. The Balaban J connectivity index is 1.98. The van der Waals surface area contributed by atoms with Gasteiger partial charge in [0.15, 0.2) is 11.0 Å². The van der Waals surface area contributed by atoms with E-state index in [1.807, 2.05) is 0 Å². The van der Waals surface area contributed by atoms with Gasteiger partial charge in [0, 0.05) is 6.54 Å². The highest BCUT2D eigenvalue weighted by Crippen LogP contribution is 2.37. The van der Waals surface area contributed by atoms with Crippen LogP contribution in [0.3, 0.4) is 0 Å². The maximum Gasteiger partial charge on any atom is 0.311 e. The Morgan fingerprint density at radius 3 is 2.56 bits per heavy atom. The molecule has 1 saturated carbocycles. The molecule has 2 N–H and O–H groups in total. The predicted molar refractivity (Wildman–Crippen MR) is 64.6 cm³/mol. The van der Waals surface area contributed by atoms with E-state index in [4.69, 9.17) is 16.0 Å². The summed E-state index contributed by atoms with van der Waals surface area (Å²) in [5, 5.41) is 12.0. The van der Waals surface area contributed by atoms with Crippen molar-refractivity contribution in [2.45, 2.75) is 25.7 Å². The zero-order chi connectivity index (χ0) is 13.2. The average molecular weight is 272 g/mol. The third kappa shape index (κ3) is 2.51. The van der Waals surface area contributed by atoms with Crippen LogP contribution in [0.2, 0.25) is 5.22 Å². The zero-order valence-corrected chi connectivity index (χ0v) is 10.5. The van der Waals surface area contributed by atoms with Crippen LogP contribution in [0.5, 0.6) is 0 Å². The number of carbonyl (C=O) groups excluding carboxylic acids is 1. The lowest BCUT2D eigenvalue weighted by molar-refractivity contribution is -0.148. The molecular formula is C12H14ClNO4. The third-order valence-corrected chi connectivity index (χ3v) is 3.60. The van der Waals surface area contributed by atoms with Gasteiger partial charge < -0.3 is 14.8 Å². The Bertz CT molecular complexity index is 462. The standard InChI is InChI=1S/C12H14ClNO4/c13-9-4-3-8(18-9)10(15)14-7-12(11(16)17)5-1-2-6-12/h3-4H,1-2,5-7H2,(H,14,15)(H,16,17). The molecule has 6 heteroatoms. The fourth-order valence-electron chi connectivity index (χ4n) is 2.29. The van der Waals surface area contributed by atoms with E-state index >= 15 is 0 Å². The molecule has 0 bridgehead atoms. The first kappa shape index (κ1) is 13.0. The summed E-state index contributed by atoms with van der Waals surface area (Å²) in [5.41, 5.74) is -0.827. The topological polar surface area (TPSA) is 79.5 Å². The maximum atomic E-state index is 11.7. The van der Waals surface area contributed by atoms with Gasteiger partial charge in [-0.2, -0.15) is 0 Å². The third-order valence-electron chi connectivity index (χ3n) is 3.40. The van der Waals surface area contributed by atoms with E-state index in [0.717, 1.165) is 12.8 Å². The normalized spacial score (nSPS) is 17.6. The van der Waals surface area contributed by atoms with Gasteiger partial charge in [0.05, 0.1) is 5.41 Å². The van der Waals surface area contributed by atoms with E-state index in [1.54, 1.807) is 0 Å². The van der Waals surface area contributed by atoms with Gasteiger partial charge >= 0.3 is 5.97 Å². The Morgan fingerprint density at radius 2 is 2.06 bits per heavy atom. The molecule has 0 aromatic carbocycles. The fraction of sp³-hybridized carbons (Fsp3) is 0.500. The molecule has 1 fully saturated rings. The molecule has 0 atom stereocenters. The summed E-state index contributed by atoms with van der Waals surface area (Å²) in [5.74, 6) is -1.19. The first-order valence-corrected chi connectivity index (χ1v) is 6.18. The average Bonchev–Trinajstić information content (AvgIpc) is 2.95. The number of amides is 1. The molecule has 0 radical (unpaired) electrons. The van der Waals surface area contributed by atoms with E-state index in [2.05, 4.69) is 5.32 Å². The van der Waals surface area contributed by atoms with Crippen LogP contribution >= 0.6 is 11.6 Å². The van der Waals surface area contributed by atoms with Crippen molar-refractivity contribution in [1.82, 2.24) is 5.32 Å². The van der Waals surface area contributed by atoms with Crippen LogP contribution in [0.15, 0.2) is 16.5 Å². The summed E-state index contributed by atoms with van der Waals surface area (Å²) >= 11 is 5.57. The Labute approximate surface area is 109 Å². The van der Waals surface area contributed by atoms with Crippen molar-refractivity contribution >= 4 is 23.5 Å². The summed E-state index contributed by atoms with van der Waals surface area (Å²) in [6.07, 6.45) is 2.96. The minimum atomic E-state index is -0.849. The van der Waals surface area contributed by atoms with Gasteiger partial charge in [-0.25, -0.2) is 0 Å². The maximum absolute atomic E-state index is 11.7. The Kier molecular flexibility index (Phi) is 3.61. The molecule has 0 saturated heterocycles. The summed E-state index contributed by atoms with van der Waals surface area (Å²) in [4.78, 5) is 23.0. The van der Waals surface area contributed by atoms with Crippen molar-refractivity contribution in [3.05, 3.63) is 23.1 Å². The SMILES string of the molecule is O=C(NCC1(C(=O)O)CCCC1)c1ccc(Cl)o1. The lowest BCUT2D eigenvalue weighted by atomic mass is 9.86. The summed E-state index contributed by atoms with van der Waals surface area (Å²) in [7, 11) is 0. The Hall–Kier alpha value is -1.49. The second-order valence-corrected chi connectivity index (χ2v) is 4.95. The van der Waals surface area contributed by atoms with Crippen LogP contribution < -0.4 is 5.32 Å². The van der Waals surface area contributed by atoms with Crippen molar-refractivity contribution in [2.75, 3.05) is 6.54 Å². The molecule has 0 spiro atoms. The predicted octanol–water partition coefficient (Wildman–Crippen LogP) is 2.31. The van der Waals surface area contributed by atoms with Crippen molar-refractivity contribution < 1.29 is 19.1 Å². The molecule has 2 rings (SSSR count). The van der Waals surface area contributed by atoms with E-state index in [9.17, 15) is 14.7 Å². The monoisotopic (exact) mass is 271 g/mol. The number of furan rings is 1. The molecule has 5 nitrogen and oxygen atoms in total. The highest BCUT2D eigenvalue weighted by Gasteiger charge is 2.41. The second-order valence-electron chi connectivity index (χ2n) is 4.58. The summed E-state index contributed by atoms with van der Waals surface area (Å²) in [6, 6.07) is 2.93. The fourth-order valence-corrected chi connectivity index (χ4v) is 2.44. The van der Waals surface area contributed by atoms with E-state index in [-0.39, 0.29) is 17.5 Å². The highest BCUT2D eigenvalue weighted by atomic mass is 35.5. The van der Waals surface area contributed by atoms with Gasteiger partial charge in [0.25, 0.3) is 5.91 Å². The number of hydrogen-bond acceptors (Lipinski definition) is 3. The number of halogens is 1. The van der Waals surface area contributed by atoms with E-state index in [0.29, 0.717) is 12.8 Å². The number of aliphatic carboxylic acids is 1. The van der Waals surface area contributed by atoms with Crippen LogP contribution in [0.4, 0.5) is 0 Å². The van der Waals surface area contributed by atoms with E-state index < -0.39 is 17.3 Å². The van der Waals surface area contributed by atoms with Gasteiger partial charge in [-0.1, -0.05) is 12.8 Å². The number of hydrogen-bond donors (Lipinski definition) is 2. The molecule has 0 unspecified atom stereocenters. The van der Waals surface area contributed by atoms with Crippen LogP contribution in [0.25, 0.3) is 0 Å². The van der Waals surface area contributed by atoms with Crippen molar-refractivity contribution in [3.63, 3.8) is 0 Å². The van der Waals surface area contributed by atoms with Gasteiger partial charge in [0.2, 0.25) is 0 Å². The van der Waals surface area contributed by atoms with Gasteiger partial charge in [0.1, 0.15) is 0 Å². The number of carbonyl (C=O) groups is 2. The number of carboxylic acid groups (broad SMARTS) is 1. The highest BCUT2D eigenvalue weighted by molar-refractivity contribution is 6.29. The van der Waals surface area contributed by atoms with Gasteiger partial charge in [-0.15, -0.1) is 0 Å². The first-order valence-electron chi connectivity index (χ1n) is 5.80. The van der Waals surface area contributed by atoms with Gasteiger partial charge in [-0.05, 0) is 36.6 Å². The van der Waals surface area contributed by atoms with Crippen LogP contribution in [0, 0.1) is 5.41 Å². The smallest absolute Gasteiger partial charge is 0.311 e. The summed E-state index contributed by atoms with van der Waals surface area (Å²) in [6.45, 7) is 0.124. The molecule has 98 valence electrons. The molecule has 18 heavy (non-hydrogen) atoms. The van der Waals surface area contributed by atoms with Crippen molar-refractivity contribution in [2.24, 2.45) is 5.41 Å². The number of carboxylic acids is 1. The molecule has 1 aromatic heterocycles. The molecule has 0 aliphatic heterocycles. The van der Waals surface area contributed by atoms with Crippen LogP contribution in [-0.4, -0.2) is 23.5 Å². The van der Waals surface area contributed by atoms with E-state index in [1.165, 1.54) is 12.1 Å². The lowest BCUT2D eigenvalue weighted by Crippen LogP contribution is -2.41. The molecule has 1 heterocycles. The lowest BCUT2D eigenvalue weighted by Gasteiger charge is -2.23. The second kappa shape index (κ2) is 5.02. The van der Waals surface area contributed by atoms with Crippen molar-refractivity contribution in [1.29, 1.82) is 0 Å². The van der Waals surface area contributed by atoms with Gasteiger partial charge in [-0.3, -0.25) is 9.59 Å². The zero-order valence-electron chi connectivity index (χ0n) is 9.74. The number of rotatable bonds is 4. The minimum Gasteiger partial charge on any atom is -0.481 e. The first-order chi connectivity index (χ1) is 8.53. The van der Waals surface area contributed by atoms with Crippen LogP contribution in [0.1, 0.15) is 36.2 Å². The number of nitrogens with one attached hydrogen (secondary N) is 1. The quantitative estimate of drug-likeness (QED) is 0.881. The molecular weight excluding hydrogens is 258 g/mol. The minimum absolute atomic E-state index is 0.0959.